The van der Waals surface area contributed by atoms with E-state index in [1.165, 1.54) is 13.0 Å². The minimum Gasteiger partial charge on any atom is -0.480 e. The molecule has 0 radical (unpaired) electrons. The topological polar surface area (TPSA) is 75.6 Å². The molecule has 0 saturated carbocycles. The molecule has 5 nitrogen and oxygen atoms in total. The fourth-order valence-corrected chi connectivity index (χ4v) is 0.681. The molecule has 80 valence electrons. The Bertz CT molecular complexity index is 227. The molecule has 0 aromatic rings. The SMILES string of the molecule is C=CCOC(C)C(=O)NC(C)C(=O)O. The second kappa shape index (κ2) is 6.15. The van der Waals surface area contributed by atoms with Gasteiger partial charge in [0.05, 0.1) is 6.61 Å². The van der Waals surface area contributed by atoms with Gasteiger partial charge in [0.2, 0.25) is 5.91 Å². The first-order chi connectivity index (χ1) is 6.49. The summed E-state index contributed by atoms with van der Waals surface area (Å²) in [6, 6.07) is -0.905. The number of rotatable bonds is 6. The molecule has 2 unspecified atom stereocenters. The van der Waals surface area contributed by atoms with Crippen LogP contribution in [0.1, 0.15) is 13.8 Å². The number of aliphatic carboxylic acids is 1. The largest absolute Gasteiger partial charge is 0.480 e. The molecule has 0 bridgehead atoms. The Morgan fingerprint density at radius 3 is 2.57 bits per heavy atom. The highest BCUT2D eigenvalue weighted by Crippen LogP contribution is 1.92. The number of nitrogens with one attached hydrogen (secondary N) is 1. The zero-order chi connectivity index (χ0) is 11.1. The second-order valence-corrected chi connectivity index (χ2v) is 2.83. The average molecular weight is 201 g/mol. The van der Waals surface area contributed by atoms with E-state index in [-0.39, 0.29) is 6.61 Å². The third-order valence-corrected chi connectivity index (χ3v) is 1.56. The van der Waals surface area contributed by atoms with Gasteiger partial charge in [0, 0.05) is 0 Å². The van der Waals surface area contributed by atoms with E-state index in [2.05, 4.69) is 11.9 Å². The normalized spacial score (nSPS) is 14.1. The summed E-state index contributed by atoms with van der Waals surface area (Å²) in [5.41, 5.74) is 0. The van der Waals surface area contributed by atoms with E-state index in [1.54, 1.807) is 6.92 Å². The lowest BCUT2D eigenvalue weighted by molar-refractivity contribution is -0.143. The van der Waals surface area contributed by atoms with Crippen molar-refractivity contribution in [3.05, 3.63) is 12.7 Å². The van der Waals surface area contributed by atoms with Crippen LogP contribution in [-0.4, -0.2) is 35.7 Å². The maximum absolute atomic E-state index is 11.2. The van der Waals surface area contributed by atoms with Gasteiger partial charge in [-0.05, 0) is 13.8 Å². The number of amides is 1. The molecule has 0 fully saturated rings. The standard InChI is InChI=1S/C9H15NO4/c1-4-5-14-7(3)8(11)10-6(2)9(12)13/h4,6-7H,1,5H2,2-3H3,(H,10,11)(H,12,13). The first-order valence-corrected chi connectivity index (χ1v) is 4.24. The van der Waals surface area contributed by atoms with Gasteiger partial charge in [-0.15, -0.1) is 6.58 Å². The van der Waals surface area contributed by atoms with Crippen molar-refractivity contribution in [2.24, 2.45) is 0 Å². The van der Waals surface area contributed by atoms with Gasteiger partial charge in [-0.1, -0.05) is 6.08 Å². The highest BCUT2D eigenvalue weighted by atomic mass is 16.5. The summed E-state index contributed by atoms with van der Waals surface area (Å²) in [7, 11) is 0. The van der Waals surface area contributed by atoms with E-state index in [0.717, 1.165) is 0 Å². The van der Waals surface area contributed by atoms with Crippen LogP contribution in [0.25, 0.3) is 0 Å². The lowest BCUT2D eigenvalue weighted by Crippen LogP contribution is -2.43. The second-order valence-electron chi connectivity index (χ2n) is 2.83. The molecule has 2 N–H and O–H groups in total. The lowest BCUT2D eigenvalue weighted by Gasteiger charge is -2.14. The van der Waals surface area contributed by atoms with Crippen LogP contribution in [0.15, 0.2) is 12.7 Å². The van der Waals surface area contributed by atoms with Gasteiger partial charge in [0.15, 0.2) is 0 Å². The molecule has 0 rings (SSSR count). The van der Waals surface area contributed by atoms with Crippen molar-refractivity contribution in [1.29, 1.82) is 0 Å². The maximum Gasteiger partial charge on any atom is 0.325 e. The predicted octanol–water partition coefficient (Wildman–Crippen LogP) is 0.167. The molecular formula is C9H15NO4. The molecule has 0 saturated heterocycles. The Labute approximate surface area is 82.7 Å². The van der Waals surface area contributed by atoms with Crippen LogP contribution >= 0.6 is 0 Å². The Hall–Kier alpha value is -1.36. The van der Waals surface area contributed by atoms with Crippen LogP contribution in [0, 0.1) is 0 Å². The Balaban J connectivity index is 3.94. The van der Waals surface area contributed by atoms with E-state index in [1.807, 2.05) is 0 Å². The van der Waals surface area contributed by atoms with Gasteiger partial charge < -0.3 is 15.2 Å². The Kier molecular flexibility index (Phi) is 5.55. The van der Waals surface area contributed by atoms with Gasteiger partial charge in [-0.25, -0.2) is 0 Å². The van der Waals surface area contributed by atoms with Crippen LogP contribution in [0.4, 0.5) is 0 Å². The third-order valence-electron chi connectivity index (χ3n) is 1.56. The van der Waals surface area contributed by atoms with Crippen LogP contribution in [0.3, 0.4) is 0 Å². The summed E-state index contributed by atoms with van der Waals surface area (Å²) in [5, 5.41) is 10.8. The number of hydrogen-bond acceptors (Lipinski definition) is 3. The zero-order valence-electron chi connectivity index (χ0n) is 8.32. The Morgan fingerprint density at radius 2 is 2.14 bits per heavy atom. The maximum atomic E-state index is 11.2. The number of carboxylic acid groups (broad SMARTS) is 1. The van der Waals surface area contributed by atoms with Gasteiger partial charge in [-0.3, -0.25) is 9.59 Å². The van der Waals surface area contributed by atoms with Crippen molar-refractivity contribution in [1.82, 2.24) is 5.32 Å². The summed E-state index contributed by atoms with van der Waals surface area (Å²) >= 11 is 0. The van der Waals surface area contributed by atoms with E-state index >= 15 is 0 Å². The molecule has 2 atom stereocenters. The zero-order valence-corrected chi connectivity index (χ0v) is 8.32. The lowest BCUT2D eigenvalue weighted by atomic mass is 10.3. The minimum atomic E-state index is -1.07. The van der Waals surface area contributed by atoms with Crippen molar-refractivity contribution in [3.8, 4) is 0 Å². The molecule has 0 aromatic heterocycles. The quantitative estimate of drug-likeness (QED) is 0.600. The van der Waals surface area contributed by atoms with Crippen LogP contribution in [-0.2, 0) is 14.3 Å². The summed E-state index contributed by atoms with van der Waals surface area (Å²) < 4.78 is 5.01. The molecule has 0 aromatic carbocycles. The molecule has 0 aliphatic heterocycles. The van der Waals surface area contributed by atoms with Crippen molar-refractivity contribution in [2.45, 2.75) is 26.0 Å². The van der Waals surface area contributed by atoms with Crippen LogP contribution in [0.2, 0.25) is 0 Å². The molecule has 1 amide bonds. The number of hydrogen-bond donors (Lipinski definition) is 2. The fourth-order valence-electron chi connectivity index (χ4n) is 0.681. The number of carbonyl (C=O) groups is 2. The van der Waals surface area contributed by atoms with Gasteiger partial charge >= 0.3 is 5.97 Å². The fraction of sp³-hybridized carbons (Fsp3) is 0.556. The van der Waals surface area contributed by atoms with Gasteiger partial charge in [0.25, 0.3) is 0 Å². The number of carbonyl (C=O) groups excluding carboxylic acids is 1. The molecule has 5 heteroatoms. The van der Waals surface area contributed by atoms with Gasteiger partial charge in [0.1, 0.15) is 12.1 Å². The van der Waals surface area contributed by atoms with E-state index in [4.69, 9.17) is 9.84 Å². The van der Waals surface area contributed by atoms with Gasteiger partial charge in [-0.2, -0.15) is 0 Å². The van der Waals surface area contributed by atoms with E-state index in [0.29, 0.717) is 0 Å². The monoisotopic (exact) mass is 201 g/mol. The van der Waals surface area contributed by atoms with Crippen molar-refractivity contribution in [3.63, 3.8) is 0 Å². The number of carboxylic acids is 1. The summed E-state index contributed by atoms with van der Waals surface area (Å²) in [6.45, 7) is 6.63. The summed E-state index contributed by atoms with van der Waals surface area (Å²) in [6.07, 6.45) is 0.847. The van der Waals surface area contributed by atoms with Crippen LogP contribution < -0.4 is 5.32 Å². The first kappa shape index (κ1) is 12.6. The average Bonchev–Trinajstić information content (AvgIpc) is 2.13. The minimum absolute atomic E-state index is 0.260. The first-order valence-electron chi connectivity index (χ1n) is 4.24. The van der Waals surface area contributed by atoms with Crippen molar-refractivity contribution >= 4 is 11.9 Å². The van der Waals surface area contributed by atoms with Crippen LogP contribution in [0.5, 0.6) is 0 Å². The highest BCUT2D eigenvalue weighted by Gasteiger charge is 2.18. The van der Waals surface area contributed by atoms with E-state index < -0.39 is 24.0 Å². The molecule has 14 heavy (non-hydrogen) atoms. The molecule has 0 aliphatic rings. The molecule has 0 heterocycles. The van der Waals surface area contributed by atoms with E-state index in [9.17, 15) is 9.59 Å². The van der Waals surface area contributed by atoms with Crippen molar-refractivity contribution in [2.75, 3.05) is 6.61 Å². The Morgan fingerprint density at radius 1 is 1.57 bits per heavy atom. The highest BCUT2D eigenvalue weighted by molar-refractivity contribution is 5.85. The molecule has 0 aliphatic carbocycles. The third kappa shape index (κ3) is 4.61. The summed E-state index contributed by atoms with van der Waals surface area (Å²) in [5.74, 6) is -1.52. The summed E-state index contributed by atoms with van der Waals surface area (Å²) in [4.78, 5) is 21.6. The molecular weight excluding hydrogens is 186 g/mol. The molecule has 0 spiro atoms. The van der Waals surface area contributed by atoms with Crippen molar-refractivity contribution < 1.29 is 19.4 Å². The number of ether oxygens (including phenoxy) is 1. The smallest absolute Gasteiger partial charge is 0.325 e. The predicted molar refractivity (Wildman–Crippen MR) is 50.9 cm³/mol.